The summed E-state index contributed by atoms with van der Waals surface area (Å²) in [5.74, 6) is 0.414. The highest BCUT2D eigenvalue weighted by Gasteiger charge is 2.35. The maximum Gasteiger partial charge on any atom is 0.266 e. The van der Waals surface area contributed by atoms with Gasteiger partial charge in [0.2, 0.25) is 5.91 Å². The quantitative estimate of drug-likeness (QED) is 0.764. The number of β-amino-alcohol motifs (C(OH)–C–C–N with tert-alkyl or cyclic N) is 1. The lowest BCUT2D eigenvalue weighted by molar-refractivity contribution is -0.132. The lowest BCUT2D eigenvalue weighted by atomic mass is 9.92. The molecule has 0 saturated carbocycles. The maximum atomic E-state index is 12.4. The molecule has 1 unspecified atom stereocenters. The fourth-order valence-electron chi connectivity index (χ4n) is 4.91. The lowest BCUT2D eigenvalue weighted by Gasteiger charge is -2.39. The van der Waals surface area contributed by atoms with E-state index in [0.29, 0.717) is 25.6 Å². The smallest absolute Gasteiger partial charge is 0.266 e. The first-order chi connectivity index (χ1) is 15.4. The van der Waals surface area contributed by atoms with Crippen LogP contribution in [0.5, 0.6) is 0 Å². The van der Waals surface area contributed by atoms with Crippen molar-refractivity contribution in [3.63, 3.8) is 0 Å². The summed E-state index contributed by atoms with van der Waals surface area (Å²) in [6.07, 6.45) is 7.99. The van der Waals surface area contributed by atoms with Crippen LogP contribution in [0.1, 0.15) is 39.0 Å². The number of piperidine rings is 1. The van der Waals surface area contributed by atoms with E-state index >= 15 is 0 Å². The second-order valence-electron chi connectivity index (χ2n) is 9.32. The van der Waals surface area contributed by atoms with E-state index in [1.165, 1.54) is 0 Å². The number of likely N-dealkylation sites (tertiary alicyclic amines) is 2. The summed E-state index contributed by atoms with van der Waals surface area (Å²) in [4.78, 5) is 32.4. The summed E-state index contributed by atoms with van der Waals surface area (Å²) in [7, 11) is 0. The van der Waals surface area contributed by atoms with Crippen LogP contribution in [0.3, 0.4) is 0 Å². The first-order valence-electron chi connectivity index (χ1n) is 11.6. The highest BCUT2D eigenvalue weighted by molar-refractivity contribution is 5.73. The third kappa shape index (κ3) is 5.61. The van der Waals surface area contributed by atoms with E-state index in [1.54, 1.807) is 41.0 Å². The van der Waals surface area contributed by atoms with Gasteiger partial charge >= 0.3 is 0 Å². The lowest BCUT2D eigenvalue weighted by Crippen LogP contribution is -2.52. The van der Waals surface area contributed by atoms with Crippen LogP contribution in [-0.4, -0.2) is 73.9 Å². The molecule has 1 atom stereocenters. The van der Waals surface area contributed by atoms with E-state index in [0.717, 1.165) is 63.0 Å². The van der Waals surface area contributed by atoms with Crippen LogP contribution in [-0.2, 0) is 11.3 Å². The number of aromatic nitrogens is 3. The molecule has 2 aliphatic rings. The van der Waals surface area contributed by atoms with Gasteiger partial charge in [-0.3, -0.25) is 14.6 Å². The summed E-state index contributed by atoms with van der Waals surface area (Å²) < 4.78 is 1.58. The highest BCUT2D eigenvalue weighted by atomic mass is 16.3. The van der Waals surface area contributed by atoms with Gasteiger partial charge < -0.3 is 14.9 Å². The van der Waals surface area contributed by atoms with Crippen molar-refractivity contribution in [2.24, 2.45) is 5.92 Å². The molecule has 4 heterocycles. The SMILES string of the molecule is CC(=O)N1CCCCC(O)(CN2CCC(Cn3nc(-c4ccncc4)ccc3=O)CC2)C1. The van der Waals surface area contributed by atoms with Crippen LogP contribution in [0.2, 0.25) is 0 Å². The molecule has 0 aliphatic carbocycles. The fourth-order valence-corrected chi connectivity index (χ4v) is 4.91. The van der Waals surface area contributed by atoms with Gasteiger partial charge in [-0.15, -0.1) is 0 Å². The van der Waals surface area contributed by atoms with Gasteiger partial charge in [0.05, 0.1) is 17.8 Å². The average Bonchev–Trinajstić information content (AvgIpc) is 2.99. The van der Waals surface area contributed by atoms with Crippen LogP contribution >= 0.6 is 0 Å². The zero-order valence-corrected chi connectivity index (χ0v) is 18.8. The molecule has 2 aliphatic heterocycles. The van der Waals surface area contributed by atoms with Crippen molar-refractivity contribution >= 4 is 5.91 Å². The van der Waals surface area contributed by atoms with Gasteiger partial charge in [0.25, 0.3) is 5.56 Å². The number of hydrogen-bond acceptors (Lipinski definition) is 6. The van der Waals surface area contributed by atoms with Crippen LogP contribution in [0.25, 0.3) is 11.3 Å². The summed E-state index contributed by atoms with van der Waals surface area (Å²) in [5.41, 5.74) is 0.795. The Hall–Kier alpha value is -2.58. The molecular weight excluding hydrogens is 406 g/mol. The third-order valence-electron chi connectivity index (χ3n) is 6.75. The van der Waals surface area contributed by atoms with Gasteiger partial charge in [-0.2, -0.15) is 5.10 Å². The number of amides is 1. The van der Waals surface area contributed by atoms with Crippen LogP contribution in [0, 0.1) is 5.92 Å². The molecule has 2 aromatic rings. The highest BCUT2D eigenvalue weighted by Crippen LogP contribution is 2.26. The fraction of sp³-hybridized carbons (Fsp3) is 0.583. The Bertz CT molecular complexity index is 971. The van der Waals surface area contributed by atoms with E-state index in [-0.39, 0.29) is 11.5 Å². The molecule has 172 valence electrons. The Morgan fingerprint density at radius 2 is 1.88 bits per heavy atom. The molecule has 32 heavy (non-hydrogen) atoms. The number of pyridine rings is 1. The summed E-state index contributed by atoms with van der Waals surface area (Å²) in [6, 6.07) is 7.12. The number of nitrogens with zero attached hydrogens (tertiary/aromatic N) is 5. The van der Waals surface area contributed by atoms with Crippen molar-refractivity contribution in [2.45, 2.75) is 51.2 Å². The van der Waals surface area contributed by atoms with E-state index in [1.807, 2.05) is 12.1 Å². The van der Waals surface area contributed by atoms with Crippen LogP contribution < -0.4 is 5.56 Å². The van der Waals surface area contributed by atoms with E-state index in [2.05, 4.69) is 15.0 Å². The van der Waals surface area contributed by atoms with Crippen LogP contribution in [0.15, 0.2) is 41.5 Å². The first kappa shape index (κ1) is 22.6. The molecule has 2 fully saturated rings. The molecule has 0 aromatic carbocycles. The minimum Gasteiger partial charge on any atom is -0.387 e. The third-order valence-corrected chi connectivity index (χ3v) is 6.75. The van der Waals surface area contributed by atoms with Gasteiger partial charge in [-0.05, 0) is 69.3 Å². The van der Waals surface area contributed by atoms with Crippen LogP contribution in [0.4, 0.5) is 0 Å². The second-order valence-corrected chi connectivity index (χ2v) is 9.32. The zero-order chi connectivity index (χ0) is 22.6. The minimum atomic E-state index is -0.841. The van der Waals surface area contributed by atoms with Gasteiger partial charge in [0.15, 0.2) is 0 Å². The molecule has 8 heteroatoms. The van der Waals surface area contributed by atoms with E-state index in [4.69, 9.17) is 0 Å². The molecule has 8 nitrogen and oxygen atoms in total. The van der Waals surface area contributed by atoms with Crippen molar-refractivity contribution in [1.82, 2.24) is 24.6 Å². The van der Waals surface area contributed by atoms with Crippen molar-refractivity contribution in [3.8, 4) is 11.3 Å². The molecular formula is C24H33N5O3. The Morgan fingerprint density at radius 3 is 2.59 bits per heavy atom. The molecule has 0 radical (unpaired) electrons. The largest absolute Gasteiger partial charge is 0.387 e. The molecule has 1 amide bonds. The topological polar surface area (TPSA) is 91.6 Å². The Labute approximate surface area is 188 Å². The van der Waals surface area contributed by atoms with E-state index in [9.17, 15) is 14.7 Å². The average molecular weight is 440 g/mol. The molecule has 0 bridgehead atoms. The predicted molar refractivity (Wildman–Crippen MR) is 122 cm³/mol. The van der Waals surface area contributed by atoms with Gasteiger partial charge in [-0.25, -0.2) is 4.68 Å². The van der Waals surface area contributed by atoms with Gasteiger partial charge in [-0.1, -0.05) is 0 Å². The van der Waals surface area contributed by atoms with Gasteiger partial charge in [0.1, 0.15) is 0 Å². The molecule has 0 spiro atoms. The Balaban J connectivity index is 1.34. The molecule has 4 rings (SSSR count). The van der Waals surface area contributed by atoms with E-state index < -0.39 is 5.60 Å². The monoisotopic (exact) mass is 439 g/mol. The number of aliphatic hydroxyl groups is 1. The van der Waals surface area contributed by atoms with Crippen molar-refractivity contribution in [2.75, 3.05) is 32.7 Å². The summed E-state index contributed by atoms with van der Waals surface area (Å²) >= 11 is 0. The number of carbonyl (C=O) groups is 1. The summed E-state index contributed by atoms with van der Waals surface area (Å²) in [6.45, 7) is 5.70. The summed E-state index contributed by atoms with van der Waals surface area (Å²) in [5, 5.41) is 15.8. The van der Waals surface area contributed by atoms with Crippen molar-refractivity contribution < 1.29 is 9.90 Å². The number of carbonyl (C=O) groups excluding carboxylic acids is 1. The second kappa shape index (κ2) is 9.92. The maximum absolute atomic E-state index is 12.4. The normalized spacial score (nSPS) is 23.1. The first-order valence-corrected chi connectivity index (χ1v) is 11.6. The number of rotatable bonds is 5. The van der Waals surface area contributed by atoms with Crippen molar-refractivity contribution in [3.05, 3.63) is 47.0 Å². The molecule has 1 N–H and O–H groups in total. The zero-order valence-electron chi connectivity index (χ0n) is 18.8. The van der Waals surface area contributed by atoms with Gasteiger partial charge in [0, 0.05) is 50.6 Å². The standard InChI is InChI=1S/C24H33N5O3/c1-19(30)28-13-3-2-10-24(32,18-28)17-27-14-8-20(9-15-27)16-29-23(31)5-4-22(26-29)21-6-11-25-12-7-21/h4-7,11-12,20,32H,2-3,8-10,13-18H2,1H3. The predicted octanol–water partition coefficient (Wildman–Crippen LogP) is 1.78. The minimum absolute atomic E-state index is 0.0379. The molecule has 2 aromatic heterocycles. The Kier molecular flexibility index (Phi) is 7.01. The Morgan fingerprint density at radius 1 is 1.12 bits per heavy atom. The van der Waals surface area contributed by atoms with Crippen molar-refractivity contribution in [1.29, 1.82) is 0 Å². The number of hydrogen-bond donors (Lipinski definition) is 1. The molecule has 2 saturated heterocycles.